The molecule has 0 aliphatic heterocycles. The summed E-state index contributed by atoms with van der Waals surface area (Å²) in [6.07, 6.45) is 1.59. The number of nitrogens with zero attached hydrogens (tertiary/aromatic N) is 1. The highest BCUT2D eigenvalue weighted by atomic mass is 79.9. The van der Waals surface area contributed by atoms with Gasteiger partial charge in [0.1, 0.15) is 5.75 Å². The number of hydrogen-bond donors (Lipinski definition) is 0. The van der Waals surface area contributed by atoms with Gasteiger partial charge in [0.25, 0.3) is 5.69 Å². The summed E-state index contributed by atoms with van der Waals surface area (Å²) in [6, 6.07) is 4.00. The summed E-state index contributed by atoms with van der Waals surface area (Å²) < 4.78 is 22.0. The van der Waals surface area contributed by atoms with Crippen LogP contribution in [0, 0.1) is 10.1 Å². The lowest BCUT2D eigenvalue weighted by Crippen LogP contribution is -1.93. The average molecular weight is 342 g/mol. The average Bonchev–Trinajstić information content (AvgIpc) is 2.28. The van der Waals surface area contributed by atoms with E-state index in [2.05, 4.69) is 15.9 Å². The summed E-state index contributed by atoms with van der Waals surface area (Å²) in [5, 5.41) is 10.6. The molecule has 0 bridgehead atoms. The molecule has 0 amide bonds. The minimum absolute atomic E-state index is 0.0891. The topological polar surface area (TPSA) is 78.7 Å². The van der Waals surface area contributed by atoms with Gasteiger partial charge in [0.05, 0.1) is 9.40 Å². The zero-order valence-corrected chi connectivity index (χ0v) is 12.3. The van der Waals surface area contributed by atoms with Gasteiger partial charge in [0.15, 0.2) is 0 Å². The van der Waals surface area contributed by atoms with Crippen LogP contribution in [0.1, 0.15) is 0 Å². The van der Waals surface area contributed by atoms with Crippen molar-refractivity contribution in [3.63, 3.8) is 0 Å². The van der Waals surface area contributed by atoms with Gasteiger partial charge in [0.2, 0.25) is 0 Å². The lowest BCUT2D eigenvalue weighted by atomic mass is 10.3. The molecule has 0 heterocycles. The van der Waals surface area contributed by atoms with Gasteiger partial charge in [-0.2, -0.15) is 0 Å². The molecule has 0 N–H and O–H groups in total. The molecule has 1 aromatic rings. The zero-order chi connectivity index (χ0) is 13.1. The van der Waals surface area contributed by atoms with Crippen molar-refractivity contribution in [1.29, 1.82) is 0 Å². The molecular weight excluding hydrogens is 333 g/mol. The third kappa shape index (κ3) is 3.70. The third-order valence-corrected chi connectivity index (χ3v) is 5.76. The van der Waals surface area contributed by atoms with Gasteiger partial charge < -0.3 is 4.52 Å². The van der Waals surface area contributed by atoms with E-state index in [4.69, 9.17) is 9.05 Å². The Labute approximate surface area is 110 Å². The summed E-state index contributed by atoms with van der Waals surface area (Å²) in [5.41, 5.74) is -0.0891. The van der Waals surface area contributed by atoms with Gasteiger partial charge in [-0.05, 0) is 39.6 Å². The van der Waals surface area contributed by atoms with Crippen LogP contribution in [0.2, 0.25) is 0 Å². The summed E-state index contributed by atoms with van der Waals surface area (Å²) in [6.45, 7) is -3.24. The van der Waals surface area contributed by atoms with Crippen molar-refractivity contribution in [3.05, 3.63) is 32.8 Å². The van der Waals surface area contributed by atoms with Gasteiger partial charge in [-0.25, -0.2) is 4.57 Å². The third-order valence-electron chi connectivity index (χ3n) is 1.78. The van der Waals surface area contributed by atoms with E-state index in [0.717, 1.165) is 11.4 Å². The summed E-state index contributed by atoms with van der Waals surface area (Å²) in [7, 11) is 1.28. The molecule has 0 fully saturated rings. The fourth-order valence-electron chi connectivity index (χ4n) is 0.971. The lowest BCUT2D eigenvalue weighted by Gasteiger charge is -2.14. The van der Waals surface area contributed by atoms with Crippen molar-refractivity contribution in [2.75, 3.05) is 13.4 Å². The highest BCUT2D eigenvalue weighted by Gasteiger charge is 2.24. The highest BCUT2D eigenvalue weighted by Crippen LogP contribution is 2.58. The van der Waals surface area contributed by atoms with Crippen LogP contribution < -0.4 is 4.52 Å². The molecule has 0 saturated heterocycles. The summed E-state index contributed by atoms with van der Waals surface area (Å²) in [5.74, 6) is 0.238. The maximum atomic E-state index is 11.8. The molecule has 94 valence electrons. The summed E-state index contributed by atoms with van der Waals surface area (Å²) in [4.78, 5) is 10.1. The second-order valence-corrected chi connectivity index (χ2v) is 7.87. The predicted octanol–water partition coefficient (Wildman–Crippen LogP) is 3.85. The quantitative estimate of drug-likeness (QED) is 0.459. The van der Waals surface area contributed by atoms with Crippen molar-refractivity contribution < 1.29 is 18.5 Å². The van der Waals surface area contributed by atoms with Crippen molar-refractivity contribution in [2.24, 2.45) is 0 Å². The molecule has 1 unspecified atom stereocenters. The fourth-order valence-corrected chi connectivity index (χ4v) is 3.07. The molecule has 1 rings (SSSR count). The van der Waals surface area contributed by atoms with Crippen molar-refractivity contribution >= 4 is 39.8 Å². The van der Waals surface area contributed by atoms with E-state index in [0.29, 0.717) is 0 Å². The molecule has 0 radical (unpaired) electrons. The summed E-state index contributed by atoms with van der Waals surface area (Å²) >= 11 is 3.99. The Morgan fingerprint density at radius 3 is 2.59 bits per heavy atom. The number of hydrogen-bond acceptors (Lipinski definition) is 6. The number of benzene rings is 1. The van der Waals surface area contributed by atoms with Gasteiger partial charge in [-0.15, -0.1) is 0 Å². The van der Waals surface area contributed by atoms with Crippen LogP contribution in [0.4, 0.5) is 5.69 Å². The SMILES string of the molecule is COP(=O)(Oc1ccc([N+](=O)[O-])c(Br)c1)SC. The van der Waals surface area contributed by atoms with Crippen LogP contribution >= 0.6 is 34.1 Å². The Morgan fingerprint density at radius 2 is 2.18 bits per heavy atom. The maximum Gasteiger partial charge on any atom is 0.439 e. The van der Waals surface area contributed by atoms with E-state index in [9.17, 15) is 14.7 Å². The second kappa shape index (κ2) is 5.86. The normalized spacial score (nSPS) is 14.1. The van der Waals surface area contributed by atoms with E-state index >= 15 is 0 Å². The predicted molar refractivity (Wildman–Crippen MR) is 69.6 cm³/mol. The molecule has 0 aliphatic carbocycles. The fraction of sp³-hybridized carbons (Fsp3) is 0.250. The molecule has 9 heteroatoms. The molecule has 0 saturated carbocycles. The second-order valence-electron chi connectivity index (χ2n) is 2.77. The maximum absolute atomic E-state index is 11.8. The molecule has 0 spiro atoms. The molecule has 17 heavy (non-hydrogen) atoms. The Balaban J connectivity index is 2.99. The van der Waals surface area contributed by atoms with Crippen molar-refractivity contribution in [3.8, 4) is 5.75 Å². The van der Waals surface area contributed by atoms with Crippen LogP contribution in [0.25, 0.3) is 0 Å². The zero-order valence-electron chi connectivity index (χ0n) is 8.95. The van der Waals surface area contributed by atoms with Gasteiger partial charge in [0, 0.05) is 19.2 Å². The van der Waals surface area contributed by atoms with Crippen LogP contribution in [-0.2, 0) is 9.09 Å². The Hall–Kier alpha value is -0.560. The van der Waals surface area contributed by atoms with Gasteiger partial charge in [-0.3, -0.25) is 14.6 Å². The number of nitro benzene ring substituents is 1. The molecule has 1 atom stereocenters. The van der Waals surface area contributed by atoms with Crippen LogP contribution in [0.5, 0.6) is 5.75 Å². The molecule has 0 aromatic heterocycles. The van der Waals surface area contributed by atoms with E-state index in [1.165, 1.54) is 25.3 Å². The first-order valence-electron chi connectivity index (χ1n) is 4.27. The minimum Gasteiger partial charge on any atom is -0.417 e. The molecule has 1 aromatic carbocycles. The first-order chi connectivity index (χ1) is 7.91. The molecular formula is C8H9BrNO5PS. The van der Waals surface area contributed by atoms with Crippen LogP contribution in [0.3, 0.4) is 0 Å². The van der Waals surface area contributed by atoms with Crippen LogP contribution in [0.15, 0.2) is 22.7 Å². The minimum atomic E-state index is -3.24. The number of halogens is 1. The first kappa shape index (κ1) is 14.5. The largest absolute Gasteiger partial charge is 0.439 e. The van der Waals surface area contributed by atoms with Crippen LogP contribution in [-0.4, -0.2) is 18.3 Å². The van der Waals surface area contributed by atoms with Crippen molar-refractivity contribution in [2.45, 2.75) is 0 Å². The molecule has 6 nitrogen and oxygen atoms in total. The smallest absolute Gasteiger partial charge is 0.417 e. The van der Waals surface area contributed by atoms with E-state index < -0.39 is 11.7 Å². The molecule has 0 aliphatic rings. The monoisotopic (exact) mass is 341 g/mol. The first-order valence-corrected chi connectivity index (χ1v) is 8.43. The van der Waals surface area contributed by atoms with Crippen molar-refractivity contribution in [1.82, 2.24) is 0 Å². The van der Waals surface area contributed by atoms with E-state index in [-0.39, 0.29) is 15.9 Å². The standard InChI is InChI=1S/C8H9BrNO5PS/c1-14-16(13,17-2)15-6-3-4-8(10(11)12)7(9)5-6/h3-5H,1-2H3. The Kier molecular flexibility index (Phi) is 5.00. The lowest BCUT2D eigenvalue weighted by molar-refractivity contribution is -0.385. The van der Waals surface area contributed by atoms with Gasteiger partial charge in [-0.1, -0.05) is 0 Å². The van der Waals surface area contributed by atoms with E-state index in [1.54, 1.807) is 6.26 Å². The Morgan fingerprint density at radius 1 is 1.53 bits per heavy atom. The van der Waals surface area contributed by atoms with E-state index in [1.807, 2.05) is 0 Å². The highest BCUT2D eigenvalue weighted by molar-refractivity contribution is 9.10. The Bertz CT molecular complexity index is 475. The number of nitro groups is 1. The van der Waals surface area contributed by atoms with Gasteiger partial charge >= 0.3 is 6.80 Å². The number of rotatable bonds is 5.